The largest absolute Gasteiger partial charge is 0.376 e. The molecule has 0 saturated carbocycles. The van der Waals surface area contributed by atoms with E-state index in [1.807, 2.05) is 0 Å². The Kier molecular flexibility index (Phi) is 3.97. The number of nitrogens with zero attached hydrogens (tertiary/aromatic N) is 3. The second-order valence-corrected chi connectivity index (χ2v) is 6.02. The van der Waals surface area contributed by atoms with E-state index in [0.29, 0.717) is 29.9 Å². The number of halogens is 1. The molecule has 3 heterocycles. The number of morpholine rings is 1. The summed E-state index contributed by atoms with van der Waals surface area (Å²) in [6.45, 7) is 6.40. The van der Waals surface area contributed by atoms with Gasteiger partial charge >= 0.3 is 0 Å². The van der Waals surface area contributed by atoms with Crippen LogP contribution in [-0.4, -0.2) is 39.6 Å². The Morgan fingerprint density at radius 2 is 2.24 bits per heavy atom. The summed E-state index contributed by atoms with van der Waals surface area (Å²) in [5.74, 6) is 0. The summed E-state index contributed by atoms with van der Waals surface area (Å²) in [6, 6.07) is 5.41. The van der Waals surface area contributed by atoms with Gasteiger partial charge in [-0.3, -0.25) is 14.1 Å². The Hall–Kier alpha value is -1.43. The maximum atomic E-state index is 12.2. The molecule has 3 rings (SSSR count). The van der Waals surface area contributed by atoms with E-state index in [2.05, 4.69) is 23.7 Å². The van der Waals surface area contributed by atoms with Crippen LogP contribution in [0.4, 0.5) is 0 Å². The number of aromatic nitrogens is 2. The predicted octanol–water partition coefficient (Wildman–Crippen LogP) is 1.96. The molecule has 1 aliphatic heterocycles. The summed E-state index contributed by atoms with van der Waals surface area (Å²) < 4.78 is 7.09. The molecule has 0 radical (unpaired) electrons. The first-order valence-corrected chi connectivity index (χ1v) is 7.44. The zero-order valence-corrected chi connectivity index (χ0v) is 12.9. The standard InChI is InChI=1S/C15H18ClN3O2/c1-10-9-21-11(2)6-18(10)8-13-5-15(20)19-7-12(16)3-4-14(19)17-13/h3-5,7,10-11H,6,8-9H2,1-2H3/t10-,11+/m1/s1. The van der Waals surface area contributed by atoms with E-state index in [-0.39, 0.29) is 11.7 Å². The van der Waals surface area contributed by atoms with Gasteiger partial charge in [0.2, 0.25) is 0 Å². The lowest BCUT2D eigenvalue weighted by Crippen LogP contribution is -2.46. The molecule has 2 atom stereocenters. The molecule has 1 fully saturated rings. The van der Waals surface area contributed by atoms with Crippen molar-refractivity contribution in [2.75, 3.05) is 13.2 Å². The average Bonchev–Trinajstić information content (AvgIpc) is 2.44. The molecular formula is C15H18ClN3O2. The Labute approximate surface area is 128 Å². The lowest BCUT2D eigenvalue weighted by atomic mass is 10.2. The number of pyridine rings is 1. The van der Waals surface area contributed by atoms with Gasteiger partial charge in [0.1, 0.15) is 5.65 Å². The number of ether oxygens (including phenoxy) is 1. The van der Waals surface area contributed by atoms with Gasteiger partial charge in [0.25, 0.3) is 5.56 Å². The van der Waals surface area contributed by atoms with Crippen molar-refractivity contribution in [3.63, 3.8) is 0 Å². The molecule has 112 valence electrons. The van der Waals surface area contributed by atoms with E-state index < -0.39 is 0 Å². The summed E-state index contributed by atoms with van der Waals surface area (Å²) >= 11 is 5.91. The third kappa shape index (κ3) is 3.10. The molecule has 6 heteroatoms. The van der Waals surface area contributed by atoms with E-state index in [1.165, 1.54) is 4.40 Å². The fourth-order valence-electron chi connectivity index (χ4n) is 2.61. The molecule has 0 unspecified atom stereocenters. The van der Waals surface area contributed by atoms with Crippen LogP contribution in [0.15, 0.2) is 29.2 Å². The minimum Gasteiger partial charge on any atom is -0.376 e. The highest BCUT2D eigenvalue weighted by Crippen LogP contribution is 2.15. The van der Waals surface area contributed by atoms with Crippen LogP contribution < -0.4 is 5.56 Å². The summed E-state index contributed by atoms with van der Waals surface area (Å²) in [5, 5.41) is 0.523. The first-order valence-electron chi connectivity index (χ1n) is 7.06. The lowest BCUT2D eigenvalue weighted by molar-refractivity contribution is -0.0530. The smallest absolute Gasteiger partial charge is 0.258 e. The molecule has 0 N–H and O–H groups in total. The predicted molar refractivity (Wildman–Crippen MR) is 81.8 cm³/mol. The van der Waals surface area contributed by atoms with E-state index in [4.69, 9.17) is 16.3 Å². The van der Waals surface area contributed by atoms with Crippen LogP contribution in [0.3, 0.4) is 0 Å². The van der Waals surface area contributed by atoms with Crippen LogP contribution >= 0.6 is 11.6 Å². The second kappa shape index (κ2) is 5.75. The molecule has 0 bridgehead atoms. The fourth-order valence-corrected chi connectivity index (χ4v) is 2.77. The van der Waals surface area contributed by atoms with Crippen LogP contribution in [-0.2, 0) is 11.3 Å². The molecule has 1 saturated heterocycles. The normalized spacial score (nSPS) is 23.6. The fraction of sp³-hybridized carbons (Fsp3) is 0.467. The lowest BCUT2D eigenvalue weighted by Gasteiger charge is -2.36. The molecule has 1 aliphatic rings. The number of rotatable bonds is 2. The van der Waals surface area contributed by atoms with Gasteiger partial charge in [-0.15, -0.1) is 0 Å². The van der Waals surface area contributed by atoms with Crippen molar-refractivity contribution in [3.8, 4) is 0 Å². The number of fused-ring (bicyclic) bond motifs is 1. The quantitative estimate of drug-likeness (QED) is 0.851. The van der Waals surface area contributed by atoms with Gasteiger partial charge in [-0.25, -0.2) is 4.98 Å². The minimum atomic E-state index is -0.105. The highest BCUT2D eigenvalue weighted by Gasteiger charge is 2.23. The van der Waals surface area contributed by atoms with E-state index in [9.17, 15) is 4.79 Å². The van der Waals surface area contributed by atoms with Crippen LogP contribution in [0.1, 0.15) is 19.5 Å². The molecule has 0 aromatic carbocycles. The van der Waals surface area contributed by atoms with Crippen LogP contribution in [0, 0.1) is 0 Å². The number of hydrogen-bond donors (Lipinski definition) is 0. The molecule has 2 aromatic heterocycles. The van der Waals surface area contributed by atoms with Gasteiger partial charge in [-0.05, 0) is 26.0 Å². The van der Waals surface area contributed by atoms with Gasteiger partial charge in [0, 0.05) is 31.4 Å². The molecule has 5 nitrogen and oxygen atoms in total. The van der Waals surface area contributed by atoms with Crippen molar-refractivity contribution in [1.29, 1.82) is 0 Å². The van der Waals surface area contributed by atoms with Gasteiger partial charge in [0.15, 0.2) is 0 Å². The minimum absolute atomic E-state index is 0.105. The highest BCUT2D eigenvalue weighted by atomic mass is 35.5. The third-order valence-electron chi connectivity index (χ3n) is 3.78. The monoisotopic (exact) mass is 307 g/mol. The van der Waals surface area contributed by atoms with Gasteiger partial charge < -0.3 is 4.74 Å². The van der Waals surface area contributed by atoms with Crippen LogP contribution in [0.5, 0.6) is 0 Å². The highest BCUT2D eigenvalue weighted by molar-refractivity contribution is 6.30. The first kappa shape index (κ1) is 14.5. The second-order valence-electron chi connectivity index (χ2n) is 5.58. The number of hydrogen-bond acceptors (Lipinski definition) is 4. The Morgan fingerprint density at radius 1 is 1.43 bits per heavy atom. The summed E-state index contributed by atoms with van der Waals surface area (Å²) in [7, 11) is 0. The van der Waals surface area contributed by atoms with Crippen molar-refractivity contribution in [3.05, 3.63) is 45.5 Å². The Balaban J connectivity index is 1.90. The Morgan fingerprint density at radius 3 is 3.05 bits per heavy atom. The van der Waals surface area contributed by atoms with E-state index in [0.717, 1.165) is 12.2 Å². The van der Waals surface area contributed by atoms with Crippen LogP contribution in [0.25, 0.3) is 5.65 Å². The van der Waals surface area contributed by atoms with Gasteiger partial charge in [-0.1, -0.05) is 11.6 Å². The summed E-state index contributed by atoms with van der Waals surface area (Å²) in [5.41, 5.74) is 1.30. The van der Waals surface area contributed by atoms with Crippen molar-refractivity contribution < 1.29 is 4.74 Å². The molecule has 2 aromatic rings. The molecule has 21 heavy (non-hydrogen) atoms. The average molecular weight is 308 g/mol. The topological polar surface area (TPSA) is 46.8 Å². The van der Waals surface area contributed by atoms with E-state index in [1.54, 1.807) is 24.4 Å². The summed E-state index contributed by atoms with van der Waals surface area (Å²) in [4.78, 5) is 19.0. The van der Waals surface area contributed by atoms with E-state index >= 15 is 0 Å². The third-order valence-corrected chi connectivity index (χ3v) is 4.00. The molecular weight excluding hydrogens is 290 g/mol. The summed E-state index contributed by atoms with van der Waals surface area (Å²) in [6.07, 6.45) is 1.80. The zero-order chi connectivity index (χ0) is 15.0. The van der Waals surface area contributed by atoms with Crippen molar-refractivity contribution in [2.24, 2.45) is 0 Å². The first-order chi connectivity index (χ1) is 10.0. The molecule has 0 aliphatic carbocycles. The van der Waals surface area contributed by atoms with Crippen molar-refractivity contribution in [1.82, 2.24) is 14.3 Å². The molecule has 0 amide bonds. The van der Waals surface area contributed by atoms with Crippen LogP contribution in [0.2, 0.25) is 5.02 Å². The SMILES string of the molecule is C[C@@H]1CO[C@@H](C)CN1Cc1cc(=O)n2cc(Cl)ccc2n1. The van der Waals surface area contributed by atoms with Gasteiger partial charge in [0.05, 0.1) is 23.4 Å². The molecule has 0 spiro atoms. The Bertz CT molecular complexity index is 716. The van der Waals surface area contributed by atoms with Crippen molar-refractivity contribution in [2.45, 2.75) is 32.5 Å². The maximum Gasteiger partial charge on any atom is 0.258 e. The van der Waals surface area contributed by atoms with Crippen molar-refractivity contribution >= 4 is 17.2 Å². The zero-order valence-electron chi connectivity index (χ0n) is 12.1. The van der Waals surface area contributed by atoms with Gasteiger partial charge in [-0.2, -0.15) is 0 Å². The maximum absolute atomic E-state index is 12.2.